The van der Waals surface area contributed by atoms with E-state index < -0.39 is 0 Å². The third-order valence-corrected chi connectivity index (χ3v) is 3.11. The fourth-order valence-corrected chi connectivity index (χ4v) is 1.84. The van der Waals surface area contributed by atoms with E-state index >= 15 is 0 Å². The van der Waals surface area contributed by atoms with Crippen molar-refractivity contribution < 1.29 is 14.2 Å². The Labute approximate surface area is 120 Å². The Bertz CT molecular complexity index is 162. The van der Waals surface area contributed by atoms with Crippen LogP contribution < -0.4 is 0 Å². The van der Waals surface area contributed by atoms with E-state index in [1.165, 1.54) is 38.5 Å². The maximum absolute atomic E-state index is 5.65. The summed E-state index contributed by atoms with van der Waals surface area (Å²) in [5, 5.41) is 0. The highest BCUT2D eigenvalue weighted by Crippen LogP contribution is 2.03. The van der Waals surface area contributed by atoms with Crippen LogP contribution in [0.1, 0.15) is 65.7 Å². The van der Waals surface area contributed by atoms with Crippen molar-refractivity contribution in [2.75, 3.05) is 33.0 Å². The van der Waals surface area contributed by atoms with Gasteiger partial charge in [-0.05, 0) is 19.8 Å². The lowest BCUT2D eigenvalue weighted by Gasteiger charge is -2.12. The molecule has 0 amide bonds. The van der Waals surface area contributed by atoms with Crippen LogP contribution in [0.15, 0.2) is 0 Å². The van der Waals surface area contributed by atoms with Gasteiger partial charge in [-0.25, -0.2) is 0 Å². The van der Waals surface area contributed by atoms with Gasteiger partial charge in [-0.2, -0.15) is 0 Å². The summed E-state index contributed by atoms with van der Waals surface area (Å²) in [6.45, 7) is 10.2. The fraction of sp³-hybridized carbons (Fsp3) is 1.00. The molecule has 19 heavy (non-hydrogen) atoms. The Morgan fingerprint density at radius 2 is 1.32 bits per heavy atom. The van der Waals surface area contributed by atoms with Crippen LogP contribution in [0.2, 0.25) is 0 Å². The van der Waals surface area contributed by atoms with Gasteiger partial charge in [0.15, 0.2) is 0 Å². The molecule has 0 rings (SSSR count). The molecule has 0 aromatic heterocycles. The summed E-state index contributed by atoms with van der Waals surface area (Å²) in [6, 6.07) is 0. The van der Waals surface area contributed by atoms with Crippen molar-refractivity contribution >= 4 is 0 Å². The van der Waals surface area contributed by atoms with Gasteiger partial charge >= 0.3 is 0 Å². The highest BCUT2D eigenvalue weighted by molar-refractivity contribution is 4.49. The lowest BCUT2D eigenvalue weighted by molar-refractivity contribution is -0.00891. The van der Waals surface area contributed by atoms with Gasteiger partial charge in [0.1, 0.15) is 0 Å². The summed E-state index contributed by atoms with van der Waals surface area (Å²) in [7, 11) is 0. The average molecular weight is 274 g/mol. The van der Waals surface area contributed by atoms with Crippen LogP contribution in [-0.2, 0) is 14.2 Å². The van der Waals surface area contributed by atoms with Crippen LogP contribution in [0.3, 0.4) is 0 Å². The van der Waals surface area contributed by atoms with E-state index in [4.69, 9.17) is 14.2 Å². The van der Waals surface area contributed by atoms with Crippen molar-refractivity contribution in [3.05, 3.63) is 0 Å². The van der Waals surface area contributed by atoms with Crippen LogP contribution in [0.25, 0.3) is 0 Å². The number of unbranched alkanes of at least 4 members (excludes halogenated alkanes) is 4. The van der Waals surface area contributed by atoms with Crippen LogP contribution in [0, 0.1) is 0 Å². The minimum absolute atomic E-state index is 0.360. The van der Waals surface area contributed by atoms with Gasteiger partial charge in [-0.1, -0.05) is 46.0 Å². The van der Waals surface area contributed by atoms with E-state index in [0.29, 0.717) is 32.5 Å². The predicted octanol–water partition coefficient (Wildman–Crippen LogP) is 4.20. The van der Waals surface area contributed by atoms with Crippen molar-refractivity contribution in [3.63, 3.8) is 0 Å². The predicted molar refractivity (Wildman–Crippen MR) is 80.7 cm³/mol. The van der Waals surface area contributed by atoms with Gasteiger partial charge in [0.25, 0.3) is 0 Å². The first kappa shape index (κ1) is 18.9. The molecule has 0 saturated heterocycles. The second kappa shape index (κ2) is 15.9. The standard InChI is InChI=1S/C16H34O3/c1-4-6-8-9-11-17-12-13-18-14-15-19-16(3)10-7-5-2/h16H,4-15H2,1-3H3. The lowest BCUT2D eigenvalue weighted by atomic mass is 10.2. The Morgan fingerprint density at radius 1 is 0.684 bits per heavy atom. The van der Waals surface area contributed by atoms with Crippen molar-refractivity contribution in [2.24, 2.45) is 0 Å². The summed E-state index contributed by atoms with van der Waals surface area (Å²) >= 11 is 0. The normalized spacial score (nSPS) is 12.8. The largest absolute Gasteiger partial charge is 0.379 e. The molecule has 1 unspecified atom stereocenters. The summed E-state index contributed by atoms with van der Waals surface area (Å²) in [5.74, 6) is 0. The highest BCUT2D eigenvalue weighted by Gasteiger charge is 2.00. The molecule has 0 N–H and O–H groups in total. The lowest BCUT2D eigenvalue weighted by Crippen LogP contribution is -2.14. The van der Waals surface area contributed by atoms with E-state index in [-0.39, 0.29) is 0 Å². The van der Waals surface area contributed by atoms with Crippen LogP contribution in [-0.4, -0.2) is 39.1 Å². The summed E-state index contributed by atoms with van der Waals surface area (Å²) in [6.07, 6.45) is 9.03. The maximum Gasteiger partial charge on any atom is 0.0704 e. The molecule has 0 bridgehead atoms. The monoisotopic (exact) mass is 274 g/mol. The maximum atomic E-state index is 5.65. The molecule has 3 nitrogen and oxygen atoms in total. The number of rotatable bonds is 15. The number of hydrogen-bond acceptors (Lipinski definition) is 3. The van der Waals surface area contributed by atoms with Crippen molar-refractivity contribution in [2.45, 2.75) is 71.8 Å². The molecule has 0 spiro atoms. The van der Waals surface area contributed by atoms with E-state index in [9.17, 15) is 0 Å². The van der Waals surface area contributed by atoms with Gasteiger partial charge in [0, 0.05) is 6.61 Å². The van der Waals surface area contributed by atoms with Crippen molar-refractivity contribution in [3.8, 4) is 0 Å². The quantitative estimate of drug-likeness (QED) is 0.419. The van der Waals surface area contributed by atoms with E-state index in [1.807, 2.05) is 0 Å². The molecule has 0 radical (unpaired) electrons. The van der Waals surface area contributed by atoms with Gasteiger partial charge in [-0.15, -0.1) is 0 Å². The molecule has 0 aliphatic heterocycles. The third kappa shape index (κ3) is 15.8. The molecular weight excluding hydrogens is 240 g/mol. The smallest absolute Gasteiger partial charge is 0.0704 e. The van der Waals surface area contributed by atoms with E-state index in [2.05, 4.69) is 20.8 Å². The molecule has 0 heterocycles. The van der Waals surface area contributed by atoms with Gasteiger partial charge in [0.2, 0.25) is 0 Å². The topological polar surface area (TPSA) is 27.7 Å². The zero-order valence-electron chi connectivity index (χ0n) is 13.3. The molecule has 0 aliphatic rings. The minimum atomic E-state index is 0.360. The van der Waals surface area contributed by atoms with E-state index in [0.717, 1.165) is 13.0 Å². The van der Waals surface area contributed by atoms with Crippen LogP contribution >= 0.6 is 0 Å². The summed E-state index contributed by atoms with van der Waals surface area (Å²) in [4.78, 5) is 0. The zero-order chi connectivity index (χ0) is 14.2. The Hall–Kier alpha value is -0.120. The summed E-state index contributed by atoms with van der Waals surface area (Å²) < 4.78 is 16.6. The average Bonchev–Trinajstić information content (AvgIpc) is 2.42. The Balaban J connectivity index is 3.02. The molecule has 0 fully saturated rings. The van der Waals surface area contributed by atoms with E-state index in [1.54, 1.807) is 0 Å². The van der Waals surface area contributed by atoms with Crippen LogP contribution in [0.4, 0.5) is 0 Å². The van der Waals surface area contributed by atoms with Gasteiger partial charge in [-0.3, -0.25) is 0 Å². The summed E-state index contributed by atoms with van der Waals surface area (Å²) in [5.41, 5.74) is 0. The first-order chi connectivity index (χ1) is 9.31. The minimum Gasteiger partial charge on any atom is -0.379 e. The highest BCUT2D eigenvalue weighted by atomic mass is 16.5. The molecular formula is C16H34O3. The SMILES string of the molecule is CCCCCCOCCOCCOC(C)CCCC. The Morgan fingerprint density at radius 3 is 2.00 bits per heavy atom. The molecule has 0 aromatic carbocycles. The second-order valence-electron chi connectivity index (χ2n) is 5.11. The van der Waals surface area contributed by atoms with Crippen molar-refractivity contribution in [1.82, 2.24) is 0 Å². The number of ether oxygens (including phenoxy) is 3. The van der Waals surface area contributed by atoms with Gasteiger partial charge < -0.3 is 14.2 Å². The van der Waals surface area contributed by atoms with Gasteiger partial charge in [0.05, 0.1) is 32.5 Å². The van der Waals surface area contributed by atoms with Crippen LogP contribution in [0.5, 0.6) is 0 Å². The second-order valence-corrected chi connectivity index (χ2v) is 5.11. The molecule has 0 aromatic rings. The molecule has 3 heteroatoms. The zero-order valence-corrected chi connectivity index (χ0v) is 13.3. The van der Waals surface area contributed by atoms with Crippen molar-refractivity contribution in [1.29, 1.82) is 0 Å². The third-order valence-electron chi connectivity index (χ3n) is 3.11. The number of hydrogen-bond donors (Lipinski definition) is 0. The Kier molecular flexibility index (Phi) is 15.8. The molecule has 0 saturated carbocycles. The molecule has 116 valence electrons. The first-order valence-corrected chi connectivity index (χ1v) is 8.08. The molecule has 1 atom stereocenters. The molecule has 0 aliphatic carbocycles. The first-order valence-electron chi connectivity index (χ1n) is 8.08. The fourth-order valence-electron chi connectivity index (χ4n) is 1.84.